The maximum absolute atomic E-state index is 11.0. The van der Waals surface area contributed by atoms with Gasteiger partial charge in [0.05, 0.1) is 17.5 Å². The molecule has 0 aliphatic carbocycles. The second-order valence-corrected chi connectivity index (χ2v) is 4.09. The lowest BCUT2D eigenvalue weighted by molar-refractivity contribution is 0.0315. The molecule has 0 spiro atoms. The molecule has 1 aromatic heterocycles. The lowest BCUT2D eigenvalue weighted by Crippen LogP contribution is -2.32. The first-order chi connectivity index (χ1) is 7.18. The zero-order chi connectivity index (χ0) is 10.7. The number of aromatic nitrogens is 2. The van der Waals surface area contributed by atoms with E-state index in [4.69, 9.17) is 4.74 Å². The molecule has 1 aliphatic heterocycles. The summed E-state index contributed by atoms with van der Waals surface area (Å²) in [5.41, 5.74) is 0.427. The molecule has 0 aromatic carbocycles. The van der Waals surface area contributed by atoms with Gasteiger partial charge in [-0.05, 0) is 19.8 Å². The van der Waals surface area contributed by atoms with E-state index in [0.717, 1.165) is 25.1 Å². The molecule has 2 heterocycles. The number of H-pyrrole nitrogens is 1. The van der Waals surface area contributed by atoms with Crippen molar-refractivity contribution in [3.63, 3.8) is 0 Å². The first-order valence-corrected chi connectivity index (χ1v) is 5.11. The number of nitrogens with zero attached hydrogens (tertiary/aromatic N) is 1. The number of nitrogens with one attached hydrogen (secondary N) is 2. The summed E-state index contributed by atoms with van der Waals surface area (Å²) >= 11 is 0. The predicted molar refractivity (Wildman–Crippen MR) is 56.9 cm³/mol. The molecule has 2 rings (SSSR count). The molecular formula is C10H15N3O2. The largest absolute Gasteiger partial charge is 0.381 e. The molecule has 82 valence electrons. The SMILES string of the molecule is CC1(CNc2cn[nH]c(=O)c2)CCCO1. The zero-order valence-electron chi connectivity index (χ0n) is 8.75. The summed E-state index contributed by atoms with van der Waals surface area (Å²) in [4.78, 5) is 11.0. The second-order valence-electron chi connectivity index (χ2n) is 4.09. The van der Waals surface area contributed by atoms with Crippen LogP contribution in [0.4, 0.5) is 5.69 Å². The van der Waals surface area contributed by atoms with E-state index in [1.165, 1.54) is 6.07 Å². The molecule has 15 heavy (non-hydrogen) atoms. The van der Waals surface area contributed by atoms with Gasteiger partial charge in [0.25, 0.3) is 5.56 Å². The molecule has 0 saturated carbocycles. The topological polar surface area (TPSA) is 67.0 Å². The van der Waals surface area contributed by atoms with Crippen LogP contribution in [0.15, 0.2) is 17.1 Å². The Labute approximate surface area is 87.8 Å². The van der Waals surface area contributed by atoms with Crippen LogP contribution in [0, 0.1) is 0 Å². The third-order valence-corrected chi connectivity index (χ3v) is 2.63. The lowest BCUT2D eigenvalue weighted by atomic mass is 10.0. The van der Waals surface area contributed by atoms with Gasteiger partial charge in [0, 0.05) is 19.2 Å². The van der Waals surface area contributed by atoms with Gasteiger partial charge in [-0.25, -0.2) is 5.10 Å². The molecule has 5 heteroatoms. The van der Waals surface area contributed by atoms with Crippen molar-refractivity contribution in [3.8, 4) is 0 Å². The van der Waals surface area contributed by atoms with Crippen molar-refractivity contribution in [1.29, 1.82) is 0 Å². The fraction of sp³-hybridized carbons (Fsp3) is 0.600. The summed E-state index contributed by atoms with van der Waals surface area (Å²) in [5.74, 6) is 0. The molecule has 1 saturated heterocycles. The number of rotatable bonds is 3. The van der Waals surface area contributed by atoms with E-state index in [2.05, 4.69) is 22.4 Å². The highest BCUT2D eigenvalue weighted by atomic mass is 16.5. The Kier molecular flexibility index (Phi) is 2.73. The molecule has 5 nitrogen and oxygen atoms in total. The van der Waals surface area contributed by atoms with E-state index in [9.17, 15) is 4.79 Å². The second kappa shape index (κ2) is 4.02. The summed E-state index contributed by atoms with van der Waals surface area (Å²) < 4.78 is 5.62. The van der Waals surface area contributed by atoms with Crippen LogP contribution in [-0.4, -0.2) is 29.0 Å². The third kappa shape index (κ3) is 2.56. The van der Waals surface area contributed by atoms with Crippen molar-refractivity contribution in [2.45, 2.75) is 25.4 Å². The van der Waals surface area contributed by atoms with Crippen molar-refractivity contribution in [2.75, 3.05) is 18.5 Å². The molecule has 0 bridgehead atoms. The maximum Gasteiger partial charge on any atom is 0.266 e. The van der Waals surface area contributed by atoms with E-state index in [0.29, 0.717) is 6.54 Å². The fourth-order valence-electron chi connectivity index (χ4n) is 1.74. The number of hydrogen-bond donors (Lipinski definition) is 2. The Morgan fingerprint density at radius 3 is 3.27 bits per heavy atom. The zero-order valence-corrected chi connectivity index (χ0v) is 8.75. The van der Waals surface area contributed by atoms with Gasteiger partial charge in [-0.15, -0.1) is 0 Å². The van der Waals surface area contributed by atoms with Gasteiger partial charge in [0.15, 0.2) is 0 Å². The van der Waals surface area contributed by atoms with Crippen LogP contribution in [-0.2, 0) is 4.74 Å². The number of ether oxygens (including phenoxy) is 1. The molecule has 1 fully saturated rings. The quantitative estimate of drug-likeness (QED) is 0.771. The minimum atomic E-state index is -0.197. The maximum atomic E-state index is 11.0. The summed E-state index contributed by atoms with van der Waals surface area (Å²) in [5, 5.41) is 9.20. The highest BCUT2D eigenvalue weighted by Gasteiger charge is 2.29. The average Bonchev–Trinajstić information content (AvgIpc) is 2.63. The van der Waals surface area contributed by atoms with Gasteiger partial charge >= 0.3 is 0 Å². The molecule has 1 unspecified atom stereocenters. The Hall–Kier alpha value is -1.36. The summed E-state index contributed by atoms with van der Waals surface area (Å²) in [7, 11) is 0. The van der Waals surface area contributed by atoms with Crippen molar-refractivity contribution >= 4 is 5.69 Å². The van der Waals surface area contributed by atoms with Crippen LogP contribution in [0.1, 0.15) is 19.8 Å². The van der Waals surface area contributed by atoms with Gasteiger partial charge < -0.3 is 10.1 Å². The third-order valence-electron chi connectivity index (χ3n) is 2.63. The van der Waals surface area contributed by atoms with Crippen LogP contribution in [0.2, 0.25) is 0 Å². The van der Waals surface area contributed by atoms with Crippen LogP contribution in [0.25, 0.3) is 0 Å². The van der Waals surface area contributed by atoms with Crippen LogP contribution >= 0.6 is 0 Å². The van der Waals surface area contributed by atoms with Crippen LogP contribution < -0.4 is 10.9 Å². The molecule has 1 atom stereocenters. The standard InChI is InChI=1S/C10H15N3O2/c1-10(3-2-4-15-10)7-11-8-5-9(14)13-12-6-8/h5-6H,2-4,7H2,1H3,(H2,11,13,14). The molecule has 0 radical (unpaired) electrons. The number of aromatic amines is 1. The minimum absolute atomic E-state index is 0.109. The van der Waals surface area contributed by atoms with Crippen molar-refractivity contribution in [3.05, 3.63) is 22.6 Å². The predicted octanol–water partition coefficient (Wildman–Crippen LogP) is 0.751. The Bertz CT molecular complexity index is 382. The minimum Gasteiger partial charge on any atom is -0.381 e. The van der Waals surface area contributed by atoms with Crippen molar-refractivity contribution < 1.29 is 4.74 Å². The summed E-state index contributed by atoms with van der Waals surface area (Å²) in [6, 6.07) is 1.49. The Morgan fingerprint density at radius 1 is 1.73 bits per heavy atom. The van der Waals surface area contributed by atoms with E-state index in [1.807, 2.05) is 0 Å². The number of hydrogen-bond acceptors (Lipinski definition) is 4. The molecule has 0 amide bonds. The highest BCUT2D eigenvalue weighted by Crippen LogP contribution is 2.24. The lowest BCUT2D eigenvalue weighted by Gasteiger charge is -2.23. The van der Waals surface area contributed by atoms with E-state index < -0.39 is 0 Å². The highest BCUT2D eigenvalue weighted by molar-refractivity contribution is 5.39. The molecule has 1 aliphatic rings. The van der Waals surface area contributed by atoms with Gasteiger partial charge in [-0.1, -0.05) is 0 Å². The molecule has 2 N–H and O–H groups in total. The van der Waals surface area contributed by atoms with Crippen LogP contribution in [0.3, 0.4) is 0 Å². The van der Waals surface area contributed by atoms with Crippen LogP contribution in [0.5, 0.6) is 0 Å². The first kappa shape index (κ1) is 10.2. The average molecular weight is 209 g/mol. The van der Waals surface area contributed by atoms with Gasteiger partial charge in [-0.2, -0.15) is 5.10 Å². The normalized spacial score (nSPS) is 25.4. The smallest absolute Gasteiger partial charge is 0.266 e. The number of anilines is 1. The van der Waals surface area contributed by atoms with Crippen molar-refractivity contribution in [1.82, 2.24) is 10.2 Å². The first-order valence-electron chi connectivity index (χ1n) is 5.11. The van der Waals surface area contributed by atoms with E-state index in [1.54, 1.807) is 6.20 Å². The molecule has 1 aromatic rings. The Morgan fingerprint density at radius 2 is 2.60 bits per heavy atom. The summed E-state index contributed by atoms with van der Waals surface area (Å²) in [6.07, 6.45) is 3.75. The summed E-state index contributed by atoms with van der Waals surface area (Å²) in [6.45, 7) is 3.61. The van der Waals surface area contributed by atoms with Gasteiger partial charge in [0.2, 0.25) is 0 Å². The fourth-order valence-corrected chi connectivity index (χ4v) is 1.74. The molecular weight excluding hydrogens is 194 g/mol. The van der Waals surface area contributed by atoms with Gasteiger partial charge in [-0.3, -0.25) is 4.79 Å². The van der Waals surface area contributed by atoms with Gasteiger partial charge in [0.1, 0.15) is 0 Å². The van der Waals surface area contributed by atoms with E-state index in [-0.39, 0.29) is 11.2 Å². The van der Waals surface area contributed by atoms with Crippen molar-refractivity contribution in [2.24, 2.45) is 0 Å². The van der Waals surface area contributed by atoms with E-state index >= 15 is 0 Å². The Balaban J connectivity index is 1.95. The monoisotopic (exact) mass is 209 g/mol.